The number of hydrogen-bond donors (Lipinski definition) is 0. The van der Waals surface area contributed by atoms with E-state index in [1.807, 2.05) is 12.1 Å². The van der Waals surface area contributed by atoms with Gasteiger partial charge in [0.05, 0.1) is 21.9 Å². The van der Waals surface area contributed by atoms with Gasteiger partial charge >= 0.3 is 0 Å². The first-order valence-electron chi connectivity index (χ1n) is 40.2. The summed E-state index contributed by atoms with van der Waals surface area (Å²) in [4.78, 5) is 0. The van der Waals surface area contributed by atoms with E-state index in [-0.39, 0.29) is 0 Å². The summed E-state index contributed by atoms with van der Waals surface area (Å²) in [6.45, 7) is 0. The normalized spacial score (nSPS) is 12.0. The summed E-state index contributed by atoms with van der Waals surface area (Å²) in [5.74, 6) is 0. The SMILES string of the molecule is c1ccc(-c2cccc3c2oc2cccc(-c4cccc5oc6c7ccccc7n(-c7ccccc7)c6c45)c23)cc1.c1ccc(-n2c3ccccc3c3oc4c(-c5ccc6c(c5)oc5cc7ccccc7cc56)cccc4c32)cc1.c1ccc(-n2c3ccccc3c3oc4cc(-c5ccc6c(c5)oc5cc7ccccc7cc56)ccc4c32)cc1. The summed E-state index contributed by atoms with van der Waals surface area (Å²) >= 11 is 0. The van der Waals surface area contributed by atoms with Crippen molar-refractivity contribution in [2.75, 3.05) is 0 Å². The van der Waals surface area contributed by atoms with Crippen molar-refractivity contribution in [3.8, 4) is 61.6 Å². The molecule has 0 fully saturated rings. The van der Waals surface area contributed by atoms with E-state index in [2.05, 4.69) is 396 Å². The van der Waals surface area contributed by atoms with Crippen molar-refractivity contribution in [3.63, 3.8) is 0 Å². The van der Waals surface area contributed by atoms with Gasteiger partial charge in [0.15, 0.2) is 16.7 Å². The molecule has 27 aromatic rings. The molecule has 9 heterocycles. The largest absolute Gasteiger partial charge is 0.456 e. The maximum absolute atomic E-state index is 6.73. The molecule has 9 nitrogen and oxygen atoms in total. The summed E-state index contributed by atoms with van der Waals surface area (Å²) in [6, 6.07) is 138. The van der Waals surface area contributed by atoms with Gasteiger partial charge in [-0.25, -0.2) is 0 Å². The smallest absolute Gasteiger partial charge is 0.161 e. The van der Waals surface area contributed by atoms with Gasteiger partial charge in [-0.1, -0.05) is 243 Å². The van der Waals surface area contributed by atoms with Crippen LogP contribution >= 0.6 is 0 Å². The van der Waals surface area contributed by atoms with Crippen LogP contribution in [0.4, 0.5) is 0 Å². The van der Waals surface area contributed by atoms with Crippen molar-refractivity contribution < 1.29 is 26.5 Å². The van der Waals surface area contributed by atoms with Crippen molar-refractivity contribution in [2.24, 2.45) is 0 Å². The van der Waals surface area contributed by atoms with Gasteiger partial charge in [-0.15, -0.1) is 0 Å². The van der Waals surface area contributed by atoms with Gasteiger partial charge in [0, 0.05) is 87.4 Å². The molecule has 0 aliphatic carbocycles. The Bertz CT molecular complexity index is 8810. The Labute approximate surface area is 678 Å². The van der Waals surface area contributed by atoms with Crippen LogP contribution in [0, 0.1) is 0 Å². The first kappa shape index (κ1) is 66.3. The quantitative estimate of drug-likeness (QED) is 0.158. The zero-order chi connectivity index (χ0) is 77.9. The summed E-state index contributed by atoms with van der Waals surface area (Å²) in [6.07, 6.45) is 0. The number of para-hydroxylation sites is 8. The summed E-state index contributed by atoms with van der Waals surface area (Å²) in [5, 5.41) is 18.2. The highest BCUT2D eigenvalue weighted by molar-refractivity contribution is 6.25. The molecule has 0 saturated heterocycles. The molecule has 0 saturated carbocycles. The molecule has 0 aliphatic rings. The monoisotopic (exact) mass is 1520 g/mol. The fourth-order valence-corrected chi connectivity index (χ4v) is 18.8. The van der Waals surface area contributed by atoms with Crippen LogP contribution in [0.1, 0.15) is 0 Å². The first-order chi connectivity index (χ1) is 59.0. The highest BCUT2D eigenvalue weighted by atomic mass is 16.4. The average molecular weight is 1520 g/mol. The number of benzene rings is 18. The van der Waals surface area contributed by atoms with Gasteiger partial charge in [-0.2, -0.15) is 0 Å². The second-order valence-electron chi connectivity index (χ2n) is 30.8. The zero-order valence-corrected chi connectivity index (χ0v) is 63.8. The Morgan fingerprint density at radius 1 is 0.160 bits per heavy atom. The summed E-state index contributed by atoms with van der Waals surface area (Å²) in [5.41, 5.74) is 29.6. The molecule has 18 aromatic carbocycles. The molecule has 0 spiro atoms. The predicted octanol–water partition coefficient (Wildman–Crippen LogP) is 31.3. The molecular weight excluding hydrogens is 1460 g/mol. The van der Waals surface area contributed by atoms with E-state index < -0.39 is 0 Å². The molecule has 0 N–H and O–H groups in total. The molecule has 556 valence electrons. The van der Waals surface area contributed by atoms with Crippen LogP contribution in [0.3, 0.4) is 0 Å². The van der Waals surface area contributed by atoms with Crippen LogP contribution in [0.25, 0.3) is 248 Å². The Hall–Kier alpha value is -16.1. The number of fused-ring (bicyclic) bond motifs is 26. The standard InChI is InChI=1S/C38H23NO2.2C36H21NO2/c1-3-12-24(13-4-1)26-17-9-20-30-34-27(18-10-22-32(34)40-37(26)30)28-19-11-23-33-35(28)36-38(41-33)29-16-7-8-21-31(29)39(36)25-14-5-2-6-15-25;1-2-11-25(12-3-1)37-31-16-7-6-13-28(31)36-34(37)29-15-8-14-26(35(29)39-36)24-17-18-27-30-19-22-9-4-5-10-23(22)20-33(30)38-32(27)21-24;1-2-10-26(11-3-1)37-31-13-7-6-12-28(31)36-35(37)29-17-15-25(21-33(29)39-36)24-14-16-27-30-18-22-8-4-5-9-23(22)19-34(30)38-32(27)20-24/h1-23H;2*1-21H. The lowest BCUT2D eigenvalue weighted by molar-refractivity contribution is 0.669. The molecular formula is C110H65N3O6. The molecule has 0 aliphatic heterocycles. The van der Waals surface area contributed by atoms with E-state index >= 15 is 0 Å². The number of furan rings is 6. The van der Waals surface area contributed by atoms with E-state index in [0.29, 0.717) is 0 Å². The lowest BCUT2D eigenvalue weighted by atomic mass is 9.95. The van der Waals surface area contributed by atoms with Gasteiger partial charge in [-0.05, 0) is 207 Å². The van der Waals surface area contributed by atoms with E-state index in [1.165, 1.54) is 21.5 Å². The third kappa shape index (κ3) is 10.3. The molecule has 0 unspecified atom stereocenters. The van der Waals surface area contributed by atoms with Crippen molar-refractivity contribution in [3.05, 3.63) is 394 Å². The fraction of sp³-hybridized carbons (Fsp3) is 0. The van der Waals surface area contributed by atoms with Gasteiger partial charge < -0.3 is 40.2 Å². The maximum atomic E-state index is 6.73. The van der Waals surface area contributed by atoms with Gasteiger partial charge in [0.25, 0.3) is 0 Å². The third-order valence-electron chi connectivity index (χ3n) is 24.1. The highest BCUT2D eigenvalue weighted by Gasteiger charge is 2.27. The second kappa shape index (κ2) is 26.2. The minimum atomic E-state index is 0.873. The summed E-state index contributed by atoms with van der Waals surface area (Å²) < 4.78 is 46.2. The van der Waals surface area contributed by atoms with Crippen LogP contribution in [-0.2, 0) is 0 Å². The Balaban J connectivity index is 0.0000000992. The Morgan fingerprint density at radius 2 is 0.504 bits per heavy atom. The molecule has 9 aromatic heterocycles. The number of aromatic nitrogens is 3. The van der Waals surface area contributed by atoms with E-state index in [0.717, 1.165) is 226 Å². The van der Waals surface area contributed by atoms with E-state index in [4.69, 9.17) is 26.5 Å². The molecule has 0 radical (unpaired) electrons. The van der Waals surface area contributed by atoms with E-state index in [1.54, 1.807) is 0 Å². The van der Waals surface area contributed by atoms with Crippen LogP contribution in [0.2, 0.25) is 0 Å². The Morgan fingerprint density at radius 3 is 1.05 bits per heavy atom. The molecule has 119 heavy (non-hydrogen) atoms. The number of hydrogen-bond acceptors (Lipinski definition) is 6. The molecule has 9 heteroatoms. The van der Waals surface area contributed by atoms with Crippen LogP contribution < -0.4 is 0 Å². The Kier molecular flexibility index (Phi) is 14.6. The predicted molar refractivity (Wildman–Crippen MR) is 490 cm³/mol. The lowest BCUT2D eigenvalue weighted by Crippen LogP contribution is -1.93. The topological polar surface area (TPSA) is 93.6 Å². The molecule has 0 atom stereocenters. The van der Waals surface area contributed by atoms with E-state index in [9.17, 15) is 0 Å². The molecule has 0 amide bonds. The lowest BCUT2D eigenvalue weighted by Gasteiger charge is -2.10. The first-order valence-corrected chi connectivity index (χ1v) is 40.2. The van der Waals surface area contributed by atoms with Crippen LogP contribution in [-0.4, -0.2) is 13.7 Å². The highest BCUT2D eigenvalue weighted by Crippen LogP contribution is 2.50. The minimum absolute atomic E-state index is 0.873. The van der Waals surface area contributed by atoms with Gasteiger partial charge in [0.2, 0.25) is 0 Å². The number of rotatable bonds is 7. The maximum Gasteiger partial charge on any atom is 0.161 e. The average Bonchev–Trinajstić information content (AvgIpc) is 1.56. The van der Waals surface area contributed by atoms with Crippen molar-refractivity contribution >= 4 is 186 Å². The van der Waals surface area contributed by atoms with Gasteiger partial charge in [0.1, 0.15) is 66.8 Å². The zero-order valence-electron chi connectivity index (χ0n) is 63.8. The fourth-order valence-electron chi connectivity index (χ4n) is 18.8. The van der Waals surface area contributed by atoms with Gasteiger partial charge in [-0.3, -0.25) is 0 Å². The van der Waals surface area contributed by atoms with Crippen molar-refractivity contribution in [2.45, 2.75) is 0 Å². The van der Waals surface area contributed by atoms with Crippen molar-refractivity contribution in [1.29, 1.82) is 0 Å². The molecule has 27 rings (SSSR count). The van der Waals surface area contributed by atoms with Crippen LogP contribution in [0.15, 0.2) is 421 Å². The summed E-state index contributed by atoms with van der Waals surface area (Å²) in [7, 11) is 0. The molecule has 0 bridgehead atoms. The third-order valence-corrected chi connectivity index (χ3v) is 24.1. The minimum Gasteiger partial charge on any atom is -0.456 e. The number of nitrogens with zero attached hydrogens (tertiary/aromatic N) is 3. The second-order valence-corrected chi connectivity index (χ2v) is 30.8. The van der Waals surface area contributed by atoms with Crippen LogP contribution in [0.5, 0.6) is 0 Å². The van der Waals surface area contributed by atoms with Crippen molar-refractivity contribution in [1.82, 2.24) is 13.7 Å².